The van der Waals surface area contributed by atoms with Crippen molar-refractivity contribution in [1.29, 1.82) is 0 Å². The van der Waals surface area contributed by atoms with Crippen LogP contribution in [-0.4, -0.2) is 34.3 Å². The molecule has 0 amide bonds. The fourth-order valence-corrected chi connectivity index (χ4v) is 1.87. The van der Waals surface area contributed by atoms with E-state index in [2.05, 4.69) is 41.4 Å². The van der Waals surface area contributed by atoms with Gasteiger partial charge in [0.15, 0.2) is 0 Å². The van der Waals surface area contributed by atoms with Crippen LogP contribution >= 0.6 is 0 Å². The zero-order chi connectivity index (χ0) is 14.3. The molecule has 0 spiro atoms. The molecule has 0 saturated carbocycles. The lowest BCUT2D eigenvalue weighted by molar-refractivity contribution is 0.188. The van der Waals surface area contributed by atoms with Crippen LogP contribution in [0.15, 0.2) is 6.33 Å². The molecule has 19 heavy (non-hydrogen) atoms. The smallest absolute Gasteiger partial charge is 0.134 e. The maximum Gasteiger partial charge on any atom is 0.134 e. The number of nitrogens with zero attached hydrogens (tertiary/aromatic N) is 2. The number of aliphatic hydroxyl groups is 1. The van der Waals surface area contributed by atoms with E-state index in [0.29, 0.717) is 18.9 Å². The van der Waals surface area contributed by atoms with Gasteiger partial charge in [-0.1, -0.05) is 20.8 Å². The molecule has 1 unspecified atom stereocenters. The highest BCUT2D eigenvalue weighted by atomic mass is 16.3. The van der Waals surface area contributed by atoms with E-state index in [9.17, 15) is 5.11 Å². The first-order valence-electron chi connectivity index (χ1n) is 7.06. The summed E-state index contributed by atoms with van der Waals surface area (Å²) >= 11 is 0. The first-order valence-corrected chi connectivity index (χ1v) is 7.06. The van der Waals surface area contributed by atoms with Crippen LogP contribution < -0.4 is 10.6 Å². The second kappa shape index (κ2) is 7.94. The lowest BCUT2D eigenvalue weighted by Gasteiger charge is -2.18. The molecule has 108 valence electrons. The zero-order valence-electron chi connectivity index (χ0n) is 12.4. The van der Waals surface area contributed by atoms with Crippen molar-refractivity contribution in [2.75, 3.05) is 23.7 Å². The van der Waals surface area contributed by atoms with Gasteiger partial charge in [-0.05, 0) is 25.7 Å². The van der Waals surface area contributed by atoms with Crippen molar-refractivity contribution in [3.8, 4) is 0 Å². The number of hydrogen-bond donors (Lipinski definition) is 3. The van der Waals surface area contributed by atoms with Crippen LogP contribution in [0.3, 0.4) is 0 Å². The minimum absolute atomic E-state index is 0.297. The average Bonchev–Trinajstić information content (AvgIpc) is 2.35. The SMILES string of the molecule is CCCNc1ncnc(NCCC(C)O)c1C(C)C. The Bertz CT molecular complexity index is 380. The highest BCUT2D eigenvalue weighted by molar-refractivity contribution is 5.58. The number of rotatable bonds is 8. The number of aliphatic hydroxyl groups excluding tert-OH is 1. The van der Waals surface area contributed by atoms with Gasteiger partial charge in [-0.3, -0.25) is 0 Å². The van der Waals surface area contributed by atoms with Crippen LogP contribution in [0.25, 0.3) is 0 Å². The van der Waals surface area contributed by atoms with E-state index in [1.165, 1.54) is 0 Å². The number of hydrogen-bond acceptors (Lipinski definition) is 5. The minimum atomic E-state index is -0.297. The van der Waals surface area contributed by atoms with Gasteiger partial charge in [0.25, 0.3) is 0 Å². The molecule has 3 N–H and O–H groups in total. The van der Waals surface area contributed by atoms with Gasteiger partial charge >= 0.3 is 0 Å². The lowest BCUT2D eigenvalue weighted by atomic mass is 10.0. The molecule has 1 aromatic heterocycles. The van der Waals surface area contributed by atoms with Crippen LogP contribution in [0, 0.1) is 0 Å². The van der Waals surface area contributed by atoms with E-state index in [4.69, 9.17) is 0 Å². The summed E-state index contributed by atoms with van der Waals surface area (Å²) in [4.78, 5) is 8.65. The van der Waals surface area contributed by atoms with Gasteiger partial charge in [-0.2, -0.15) is 0 Å². The van der Waals surface area contributed by atoms with Crippen LogP contribution in [-0.2, 0) is 0 Å². The van der Waals surface area contributed by atoms with Crippen LogP contribution in [0.5, 0.6) is 0 Å². The van der Waals surface area contributed by atoms with Gasteiger partial charge in [-0.25, -0.2) is 9.97 Å². The quantitative estimate of drug-likeness (QED) is 0.674. The van der Waals surface area contributed by atoms with Crippen molar-refractivity contribution in [1.82, 2.24) is 9.97 Å². The zero-order valence-corrected chi connectivity index (χ0v) is 12.4. The van der Waals surface area contributed by atoms with Crippen LogP contribution in [0.1, 0.15) is 52.0 Å². The standard InChI is InChI=1S/C14H26N4O/c1-5-7-15-13-12(10(2)3)14(18-9-17-13)16-8-6-11(4)19/h9-11,19H,5-8H2,1-4H3,(H2,15,16,17,18). The predicted octanol–water partition coefficient (Wildman–Crippen LogP) is 2.60. The largest absolute Gasteiger partial charge is 0.393 e. The van der Waals surface area contributed by atoms with E-state index < -0.39 is 0 Å². The van der Waals surface area contributed by atoms with Crippen LogP contribution in [0.4, 0.5) is 11.6 Å². The lowest BCUT2D eigenvalue weighted by Crippen LogP contribution is -2.15. The van der Waals surface area contributed by atoms with Gasteiger partial charge in [0.2, 0.25) is 0 Å². The molecule has 0 saturated heterocycles. The number of aromatic nitrogens is 2. The van der Waals surface area contributed by atoms with Gasteiger partial charge in [0.1, 0.15) is 18.0 Å². The molecule has 1 aromatic rings. The summed E-state index contributed by atoms with van der Waals surface area (Å²) in [6, 6.07) is 0. The first kappa shape index (κ1) is 15.7. The Morgan fingerprint density at radius 2 is 1.68 bits per heavy atom. The predicted molar refractivity (Wildman–Crippen MR) is 79.7 cm³/mol. The normalized spacial score (nSPS) is 12.5. The Labute approximate surface area is 115 Å². The molecule has 0 aliphatic carbocycles. The van der Waals surface area contributed by atoms with Gasteiger partial charge in [0.05, 0.1) is 6.10 Å². The monoisotopic (exact) mass is 266 g/mol. The van der Waals surface area contributed by atoms with E-state index in [0.717, 1.165) is 30.2 Å². The summed E-state index contributed by atoms with van der Waals surface area (Å²) in [5.74, 6) is 2.12. The minimum Gasteiger partial charge on any atom is -0.393 e. The van der Waals surface area contributed by atoms with Crippen molar-refractivity contribution in [2.24, 2.45) is 0 Å². The molecule has 0 radical (unpaired) electrons. The summed E-state index contributed by atoms with van der Waals surface area (Å²) in [5.41, 5.74) is 1.11. The highest BCUT2D eigenvalue weighted by Crippen LogP contribution is 2.28. The van der Waals surface area contributed by atoms with Crippen molar-refractivity contribution in [2.45, 2.75) is 52.6 Å². The fourth-order valence-electron chi connectivity index (χ4n) is 1.87. The molecule has 0 aliphatic rings. The van der Waals surface area contributed by atoms with Crippen molar-refractivity contribution in [3.63, 3.8) is 0 Å². The second-order valence-electron chi connectivity index (χ2n) is 5.13. The Morgan fingerprint density at radius 3 is 2.16 bits per heavy atom. The first-order chi connectivity index (χ1) is 9.06. The van der Waals surface area contributed by atoms with Crippen molar-refractivity contribution >= 4 is 11.6 Å². The topological polar surface area (TPSA) is 70.1 Å². The molecule has 5 heteroatoms. The van der Waals surface area contributed by atoms with E-state index in [1.54, 1.807) is 13.3 Å². The van der Waals surface area contributed by atoms with E-state index in [1.807, 2.05) is 0 Å². The summed E-state index contributed by atoms with van der Waals surface area (Å²) in [6.45, 7) is 9.81. The Morgan fingerprint density at radius 1 is 1.11 bits per heavy atom. The highest BCUT2D eigenvalue weighted by Gasteiger charge is 2.14. The molecule has 5 nitrogen and oxygen atoms in total. The van der Waals surface area contributed by atoms with Gasteiger partial charge < -0.3 is 15.7 Å². The van der Waals surface area contributed by atoms with Gasteiger partial charge in [0, 0.05) is 18.7 Å². The molecule has 0 bridgehead atoms. The fraction of sp³-hybridized carbons (Fsp3) is 0.714. The third-order valence-corrected chi connectivity index (χ3v) is 2.86. The summed E-state index contributed by atoms with van der Waals surface area (Å²) in [7, 11) is 0. The molecule has 0 fully saturated rings. The molecular weight excluding hydrogens is 240 g/mol. The molecule has 0 aromatic carbocycles. The number of anilines is 2. The van der Waals surface area contributed by atoms with E-state index in [-0.39, 0.29) is 6.10 Å². The molecule has 0 aliphatic heterocycles. The number of nitrogens with one attached hydrogen (secondary N) is 2. The summed E-state index contributed by atoms with van der Waals surface area (Å²) in [5, 5.41) is 15.9. The van der Waals surface area contributed by atoms with E-state index >= 15 is 0 Å². The average molecular weight is 266 g/mol. The molecular formula is C14H26N4O. The second-order valence-corrected chi connectivity index (χ2v) is 5.13. The Kier molecular flexibility index (Phi) is 6.56. The van der Waals surface area contributed by atoms with Crippen LogP contribution in [0.2, 0.25) is 0 Å². The third-order valence-electron chi connectivity index (χ3n) is 2.86. The summed E-state index contributed by atoms with van der Waals surface area (Å²) in [6.07, 6.45) is 3.05. The molecule has 1 rings (SSSR count). The third kappa shape index (κ3) is 5.03. The summed E-state index contributed by atoms with van der Waals surface area (Å²) < 4.78 is 0. The maximum absolute atomic E-state index is 9.29. The van der Waals surface area contributed by atoms with Crippen molar-refractivity contribution in [3.05, 3.63) is 11.9 Å². The van der Waals surface area contributed by atoms with Crippen molar-refractivity contribution < 1.29 is 5.11 Å². The Balaban J connectivity index is 2.83. The maximum atomic E-state index is 9.29. The van der Waals surface area contributed by atoms with Gasteiger partial charge in [-0.15, -0.1) is 0 Å². The molecule has 1 heterocycles. The Hall–Kier alpha value is -1.36. The molecule has 1 atom stereocenters.